The monoisotopic (exact) mass is 252 g/mol. The van der Waals surface area contributed by atoms with Gasteiger partial charge in [-0.15, -0.1) is 13.2 Å². The molecule has 0 atom stereocenters. The van der Waals surface area contributed by atoms with E-state index in [-0.39, 0.29) is 12.2 Å². The van der Waals surface area contributed by atoms with E-state index in [0.29, 0.717) is 6.07 Å². The van der Waals surface area contributed by atoms with Crippen molar-refractivity contribution in [3.05, 3.63) is 29.6 Å². The maximum absolute atomic E-state index is 13.2. The second kappa shape index (κ2) is 5.13. The molecular weight excluding hydrogens is 244 g/mol. The number of hydrogen-bond acceptors (Lipinski definition) is 3. The van der Waals surface area contributed by atoms with E-state index in [2.05, 4.69) is 9.47 Å². The van der Waals surface area contributed by atoms with Crippen LogP contribution in [0.4, 0.5) is 17.6 Å². The lowest BCUT2D eigenvalue weighted by Crippen LogP contribution is -2.18. The summed E-state index contributed by atoms with van der Waals surface area (Å²) in [6.45, 7) is -0.279. The number of methoxy groups -OCH3 is 1. The van der Waals surface area contributed by atoms with Gasteiger partial charge in [-0.3, -0.25) is 4.79 Å². The van der Waals surface area contributed by atoms with E-state index in [1.54, 1.807) is 0 Å². The number of ether oxygens (including phenoxy) is 2. The fraction of sp³-hybridized carbons (Fsp3) is 0.300. The van der Waals surface area contributed by atoms with E-state index in [4.69, 9.17) is 0 Å². The lowest BCUT2D eigenvalue weighted by Gasteiger charge is -2.10. The highest BCUT2D eigenvalue weighted by atomic mass is 19.4. The first kappa shape index (κ1) is 13.4. The molecule has 0 aliphatic carbocycles. The number of alkyl halides is 3. The van der Waals surface area contributed by atoms with Crippen molar-refractivity contribution in [2.75, 3.05) is 13.7 Å². The zero-order chi connectivity index (χ0) is 13.1. The Hall–Kier alpha value is -1.63. The molecule has 0 saturated heterocycles. The zero-order valence-corrected chi connectivity index (χ0v) is 8.68. The van der Waals surface area contributed by atoms with Crippen molar-refractivity contribution in [3.8, 4) is 5.75 Å². The van der Waals surface area contributed by atoms with Crippen LogP contribution in [-0.2, 0) is 4.74 Å². The Kier molecular flexibility index (Phi) is 4.06. The molecule has 0 N–H and O–H groups in total. The summed E-state index contributed by atoms with van der Waals surface area (Å²) in [4.78, 5) is 11.2. The molecule has 0 aromatic heterocycles. The van der Waals surface area contributed by atoms with Crippen LogP contribution in [-0.4, -0.2) is 25.9 Å². The number of carbonyl (C=O) groups excluding carboxylic acids is 1. The van der Waals surface area contributed by atoms with Crippen LogP contribution >= 0.6 is 0 Å². The summed E-state index contributed by atoms with van der Waals surface area (Å²) in [6.07, 6.45) is -4.97. The molecule has 94 valence electrons. The van der Waals surface area contributed by atoms with Gasteiger partial charge in [0.2, 0.25) is 0 Å². The summed E-state index contributed by atoms with van der Waals surface area (Å²) < 4.78 is 56.6. The Balaban J connectivity index is 2.90. The zero-order valence-electron chi connectivity index (χ0n) is 8.68. The van der Waals surface area contributed by atoms with Crippen LogP contribution < -0.4 is 4.74 Å². The molecule has 0 aliphatic rings. The third-order valence-corrected chi connectivity index (χ3v) is 1.75. The van der Waals surface area contributed by atoms with Crippen LogP contribution in [0.25, 0.3) is 0 Å². The van der Waals surface area contributed by atoms with Gasteiger partial charge in [-0.25, -0.2) is 4.39 Å². The van der Waals surface area contributed by atoms with Crippen LogP contribution in [0, 0.1) is 5.82 Å². The molecule has 0 radical (unpaired) electrons. The molecule has 0 unspecified atom stereocenters. The number of halogens is 4. The normalized spacial score (nSPS) is 11.4. The van der Waals surface area contributed by atoms with E-state index < -0.39 is 23.7 Å². The van der Waals surface area contributed by atoms with E-state index in [0.717, 1.165) is 12.1 Å². The van der Waals surface area contributed by atoms with E-state index in [1.807, 2.05) is 0 Å². The van der Waals surface area contributed by atoms with Crippen molar-refractivity contribution in [1.82, 2.24) is 0 Å². The molecule has 0 amide bonds. The lowest BCUT2D eigenvalue weighted by molar-refractivity contribution is -0.275. The van der Waals surface area contributed by atoms with Gasteiger partial charge in [-0.05, 0) is 18.2 Å². The minimum absolute atomic E-state index is 0.0844. The molecule has 0 bridgehead atoms. The second-order valence-corrected chi connectivity index (χ2v) is 3.05. The van der Waals surface area contributed by atoms with Crippen LogP contribution in [0.5, 0.6) is 5.75 Å². The summed E-state index contributed by atoms with van der Waals surface area (Å²) in [5.41, 5.74) is -0.0844. The molecule has 1 aromatic rings. The quantitative estimate of drug-likeness (QED) is 0.610. The summed E-state index contributed by atoms with van der Waals surface area (Å²) in [6, 6.07) is 2.44. The molecule has 0 spiro atoms. The molecule has 0 fully saturated rings. The summed E-state index contributed by atoms with van der Waals surface area (Å²) in [5, 5.41) is 0. The Morgan fingerprint density at radius 2 is 2.00 bits per heavy atom. The van der Waals surface area contributed by atoms with Crippen LogP contribution in [0.3, 0.4) is 0 Å². The fourth-order valence-electron chi connectivity index (χ4n) is 1.10. The van der Waals surface area contributed by atoms with Gasteiger partial charge in [0.05, 0.1) is 0 Å². The van der Waals surface area contributed by atoms with Crippen LogP contribution in [0.1, 0.15) is 10.4 Å². The fourth-order valence-corrected chi connectivity index (χ4v) is 1.10. The molecule has 0 heterocycles. The lowest BCUT2D eigenvalue weighted by atomic mass is 10.1. The van der Waals surface area contributed by atoms with Gasteiger partial charge in [0.1, 0.15) is 6.61 Å². The highest BCUT2D eigenvalue weighted by Gasteiger charge is 2.32. The van der Waals surface area contributed by atoms with Gasteiger partial charge in [0, 0.05) is 12.7 Å². The van der Waals surface area contributed by atoms with Gasteiger partial charge >= 0.3 is 6.36 Å². The first-order valence-corrected chi connectivity index (χ1v) is 4.41. The van der Waals surface area contributed by atoms with E-state index >= 15 is 0 Å². The molecule has 3 nitrogen and oxygen atoms in total. The van der Waals surface area contributed by atoms with E-state index in [9.17, 15) is 22.4 Å². The molecule has 17 heavy (non-hydrogen) atoms. The van der Waals surface area contributed by atoms with Gasteiger partial charge in [-0.2, -0.15) is 0 Å². The van der Waals surface area contributed by atoms with Crippen LogP contribution in [0.2, 0.25) is 0 Å². The molecular formula is C10H8F4O3. The highest BCUT2D eigenvalue weighted by Crippen LogP contribution is 2.26. The third-order valence-electron chi connectivity index (χ3n) is 1.75. The average molecular weight is 252 g/mol. The summed E-state index contributed by atoms with van der Waals surface area (Å²) in [7, 11) is 1.27. The number of Topliss-reactive ketones (excluding diaryl/α,β-unsaturated/α-hetero) is 1. The number of carbonyl (C=O) groups is 1. The number of benzene rings is 1. The maximum atomic E-state index is 13.2. The first-order chi connectivity index (χ1) is 7.83. The molecule has 7 heteroatoms. The minimum Gasteiger partial charge on any atom is -0.403 e. The average Bonchev–Trinajstić information content (AvgIpc) is 2.19. The van der Waals surface area contributed by atoms with E-state index in [1.165, 1.54) is 7.11 Å². The topological polar surface area (TPSA) is 35.5 Å². The Morgan fingerprint density at radius 3 is 2.47 bits per heavy atom. The summed E-state index contributed by atoms with van der Waals surface area (Å²) >= 11 is 0. The van der Waals surface area contributed by atoms with Crippen LogP contribution in [0.15, 0.2) is 18.2 Å². The molecule has 0 aliphatic heterocycles. The largest absolute Gasteiger partial charge is 0.573 e. The Bertz CT molecular complexity index is 415. The summed E-state index contributed by atoms with van der Waals surface area (Å²) in [5.74, 6) is -2.78. The smallest absolute Gasteiger partial charge is 0.403 e. The predicted molar refractivity (Wildman–Crippen MR) is 49.3 cm³/mol. The van der Waals surface area contributed by atoms with Crippen molar-refractivity contribution >= 4 is 5.78 Å². The van der Waals surface area contributed by atoms with Crippen molar-refractivity contribution in [1.29, 1.82) is 0 Å². The molecule has 1 aromatic carbocycles. The number of ketones is 1. The van der Waals surface area contributed by atoms with Crippen molar-refractivity contribution in [3.63, 3.8) is 0 Å². The van der Waals surface area contributed by atoms with Crippen molar-refractivity contribution in [2.24, 2.45) is 0 Å². The maximum Gasteiger partial charge on any atom is 0.573 e. The van der Waals surface area contributed by atoms with Crippen molar-refractivity contribution < 1.29 is 31.8 Å². The van der Waals surface area contributed by atoms with Gasteiger partial charge in [-0.1, -0.05) is 0 Å². The highest BCUT2D eigenvalue weighted by molar-refractivity contribution is 5.97. The molecule has 1 rings (SSSR count). The van der Waals surface area contributed by atoms with Gasteiger partial charge < -0.3 is 9.47 Å². The number of hydrogen-bond donors (Lipinski definition) is 0. The van der Waals surface area contributed by atoms with Crippen molar-refractivity contribution in [2.45, 2.75) is 6.36 Å². The third kappa shape index (κ3) is 4.03. The Labute approximate surface area is 93.9 Å². The molecule has 0 saturated carbocycles. The first-order valence-electron chi connectivity index (χ1n) is 4.41. The minimum atomic E-state index is -4.97. The SMILES string of the molecule is COCC(=O)c1ccc(OC(F)(F)F)c(F)c1. The van der Waals surface area contributed by atoms with Gasteiger partial charge in [0.15, 0.2) is 17.3 Å². The second-order valence-electron chi connectivity index (χ2n) is 3.05. The van der Waals surface area contributed by atoms with Gasteiger partial charge in [0.25, 0.3) is 0 Å². The standard InChI is InChI=1S/C10H8F4O3/c1-16-5-8(15)6-2-3-9(7(11)4-6)17-10(12,13)14/h2-4H,5H2,1H3. The number of rotatable bonds is 4. The predicted octanol–water partition coefficient (Wildman–Crippen LogP) is 2.55. The Morgan fingerprint density at radius 1 is 1.35 bits per heavy atom.